The van der Waals surface area contributed by atoms with Crippen LogP contribution in [0.25, 0.3) is 0 Å². The van der Waals surface area contributed by atoms with Crippen LogP contribution in [0.15, 0.2) is 12.3 Å². The molecule has 1 saturated heterocycles. The van der Waals surface area contributed by atoms with Crippen LogP contribution in [0, 0.1) is 5.92 Å². The normalized spacial score (nSPS) is 23.7. The molecule has 0 spiro atoms. The fourth-order valence-corrected chi connectivity index (χ4v) is 2.73. The largest absolute Gasteiger partial charge is 0.505 e. The van der Waals surface area contributed by atoms with E-state index in [0.717, 1.165) is 0 Å². The third kappa shape index (κ3) is 5.55. The van der Waals surface area contributed by atoms with E-state index in [2.05, 4.69) is 39.1 Å². The van der Waals surface area contributed by atoms with E-state index in [4.69, 9.17) is 4.74 Å². The van der Waals surface area contributed by atoms with Gasteiger partial charge in [-0.3, -0.25) is 0 Å². The highest BCUT2D eigenvalue weighted by molar-refractivity contribution is 5.02. The second-order valence-corrected chi connectivity index (χ2v) is 5.63. The summed E-state index contributed by atoms with van der Waals surface area (Å²) in [5.74, 6) is 0.626. The van der Waals surface area contributed by atoms with E-state index < -0.39 is 0 Å². The van der Waals surface area contributed by atoms with E-state index in [9.17, 15) is 0 Å². The Labute approximate surface area is 101 Å². The van der Waals surface area contributed by atoms with E-state index in [1.54, 1.807) is 7.11 Å². The fourth-order valence-electron chi connectivity index (χ4n) is 2.73. The van der Waals surface area contributed by atoms with Crippen molar-refractivity contribution in [2.45, 2.75) is 65.5 Å². The molecule has 1 heterocycles. The lowest BCUT2D eigenvalue weighted by molar-refractivity contribution is 0.148. The summed E-state index contributed by atoms with van der Waals surface area (Å²) in [6.07, 6.45) is 6.35. The van der Waals surface area contributed by atoms with Crippen LogP contribution in [-0.2, 0) is 4.74 Å². The summed E-state index contributed by atoms with van der Waals surface area (Å²) in [5, 5.41) is 3.66. The van der Waals surface area contributed by atoms with Crippen LogP contribution in [0.3, 0.4) is 0 Å². The predicted octanol–water partition coefficient (Wildman–Crippen LogP) is 3.73. The quantitative estimate of drug-likeness (QED) is 0.726. The van der Waals surface area contributed by atoms with Crippen LogP contribution in [0.2, 0.25) is 0 Å². The number of nitrogens with one attached hydrogen (secondary N) is 1. The maximum absolute atomic E-state index is 4.98. The first kappa shape index (κ1) is 15.5. The lowest BCUT2D eigenvalue weighted by Gasteiger charge is -2.45. The molecule has 0 aliphatic carbocycles. The van der Waals surface area contributed by atoms with Gasteiger partial charge >= 0.3 is 0 Å². The summed E-state index contributed by atoms with van der Waals surface area (Å²) < 4.78 is 4.98. The summed E-state index contributed by atoms with van der Waals surface area (Å²) in [6.45, 7) is 13.1. The third-order valence-electron chi connectivity index (χ3n) is 2.71. The molecule has 1 aliphatic heterocycles. The summed E-state index contributed by atoms with van der Waals surface area (Å²) in [6, 6.07) is 0. The van der Waals surface area contributed by atoms with Gasteiger partial charge in [-0.25, -0.2) is 0 Å². The number of ether oxygens (including phenoxy) is 1. The molecule has 1 fully saturated rings. The minimum absolute atomic E-state index is 0.227. The number of piperidine rings is 1. The summed E-state index contributed by atoms with van der Waals surface area (Å²) in [7, 11) is 1.70. The van der Waals surface area contributed by atoms with E-state index >= 15 is 0 Å². The second kappa shape index (κ2) is 6.29. The Hall–Kier alpha value is -0.500. The molecule has 0 atom stereocenters. The van der Waals surface area contributed by atoms with Gasteiger partial charge in [-0.1, -0.05) is 13.8 Å². The molecule has 0 aromatic rings. The number of allylic oxidation sites excluding steroid dienone is 1. The smallest absolute Gasteiger partial charge is 0.0787 e. The van der Waals surface area contributed by atoms with E-state index in [1.807, 2.05) is 20.1 Å². The van der Waals surface area contributed by atoms with Crippen molar-refractivity contribution in [1.29, 1.82) is 0 Å². The molecular formula is C14H29NO. The molecule has 0 aromatic heterocycles. The van der Waals surface area contributed by atoms with Crippen molar-refractivity contribution < 1.29 is 4.74 Å². The van der Waals surface area contributed by atoms with Gasteiger partial charge < -0.3 is 10.1 Å². The molecule has 0 aromatic carbocycles. The SMILES string of the molecule is CC.CO/C=C/C1CC(C)(C)NC(C)(C)C1. The molecule has 0 bridgehead atoms. The molecular weight excluding hydrogens is 198 g/mol. The van der Waals surface area contributed by atoms with Gasteiger partial charge in [-0.05, 0) is 52.5 Å². The van der Waals surface area contributed by atoms with Crippen molar-refractivity contribution in [3.05, 3.63) is 12.3 Å². The highest BCUT2D eigenvalue weighted by Crippen LogP contribution is 2.33. The van der Waals surface area contributed by atoms with Crippen molar-refractivity contribution in [3.8, 4) is 0 Å². The maximum atomic E-state index is 4.98. The first-order valence-corrected chi connectivity index (χ1v) is 6.33. The van der Waals surface area contributed by atoms with Crippen molar-refractivity contribution in [3.63, 3.8) is 0 Å². The van der Waals surface area contributed by atoms with E-state index in [0.29, 0.717) is 5.92 Å². The van der Waals surface area contributed by atoms with E-state index in [1.165, 1.54) is 12.8 Å². The van der Waals surface area contributed by atoms with Gasteiger partial charge in [-0.15, -0.1) is 0 Å². The van der Waals surface area contributed by atoms with Crippen LogP contribution in [0.1, 0.15) is 54.4 Å². The van der Waals surface area contributed by atoms with Crippen LogP contribution in [0.4, 0.5) is 0 Å². The Morgan fingerprint density at radius 2 is 1.50 bits per heavy atom. The maximum Gasteiger partial charge on any atom is 0.0787 e. The molecule has 0 saturated carbocycles. The first-order chi connectivity index (χ1) is 7.35. The van der Waals surface area contributed by atoms with Crippen LogP contribution < -0.4 is 5.32 Å². The predicted molar refractivity (Wildman–Crippen MR) is 71.5 cm³/mol. The highest BCUT2D eigenvalue weighted by atomic mass is 16.5. The van der Waals surface area contributed by atoms with Crippen LogP contribution in [-0.4, -0.2) is 18.2 Å². The third-order valence-corrected chi connectivity index (χ3v) is 2.71. The van der Waals surface area contributed by atoms with Crippen molar-refractivity contribution >= 4 is 0 Å². The Balaban J connectivity index is 0.00000106. The summed E-state index contributed by atoms with van der Waals surface area (Å²) in [4.78, 5) is 0. The zero-order valence-electron chi connectivity index (χ0n) is 12.1. The molecule has 1 rings (SSSR count). The first-order valence-electron chi connectivity index (χ1n) is 6.33. The molecule has 2 heteroatoms. The van der Waals surface area contributed by atoms with Crippen LogP contribution >= 0.6 is 0 Å². The van der Waals surface area contributed by atoms with Gasteiger partial charge in [0.05, 0.1) is 13.4 Å². The molecule has 16 heavy (non-hydrogen) atoms. The highest BCUT2D eigenvalue weighted by Gasteiger charge is 2.36. The number of hydrogen-bond acceptors (Lipinski definition) is 2. The lowest BCUT2D eigenvalue weighted by Crippen LogP contribution is -2.57. The van der Waals surface area contributed by atoms with Gasteiger partial charge in [0.2, 0.25) is 0 Å². The van der Waals surface area contributed by atoms with Crippen molar-refractivity contribution in [2.75, 3.05) is 7.11 Å². The minimum Gasteiger partial charge on any atom is -0.505 e. The molecule has 1 aliphatic rings. The Kier molecular flexibility index (Phi) is 6.09. The topological polar surface area (TPSA) is 21.3 Å². The summed E-state index contributed by atoms with van der Waals surface area (Å²) in [5.41, 5.74) is 0.453. The molecule has 0 unspecified atom stereocenters. The molecule has 0 radical (unpaired) electrons. The van der Waals surface area contributed by atoms with Crippen molar-refractivity contribution in [2.24, 2.45) is 5.92 Å². The van der Waals surface area contributed by atoms with E-state index in [-0.39, 0.29) is 11.1 Å². The molecule has 1 N–H and O–H groups in total. The minimum atomic E-state index is 0.227. The fraction of sp³-hybridized carbons (Fsp3) is 0.857. The molecule has 2 nitrogen and oxygen atoms in total. The van der Waals surface area contributed by atoms with Crippen LogP contribution in [0.5, 0.6) is 0 Å². The van der Waals surface area contributed by atoms with Gasteiger partial charge in [0, 0.05) is 11.1 Å². The van der Waals surface area contributed by atoms with Gasteiger partial charge in [-0.2, -0.15) is 0 Å². The lowest BCUT2D eigenvalue weighted by atomic mass is 9.76. The number of hydrogen-bond donors (Lipinski definition) is 1. The zero-order valence-corrected chi connectivity index (χ0v) is 12.1. The Morgan fingerprint density at radius 1 is 1.06 bits per heavy atom. The van der Waals surface area contributed by atoms with Gasteiger partial charge in [0.15, 0.2) is 0 Å². The molecule has 96 valence electrons. The van der Waals surface area contributed by atoms with Crippen molar-refractivity contribution in [1.82, 2.24) is 5.32 Å². The zero-order chi connectivity index (χ0) is 12.8. The number of rotatable bonds is 2. The standard InChI is InChI=1S/C12H23NO.C2H6/c1-11(2)8-10(6-7-14-5)9-12(3,4)13-11;1-2/h6-7,10,13H,8-9H2,1-5H3;1-2H3/b7-6+;. The number of methoxy groups -OCH3 is 1. The Morgan fingerprint density at radius 3 is 1.88 bits per heavy atom. The monoisotopic (exact) mass is 227 g/mol. The average molecular weight is 227 g/mol. The summed E-state index contributed by atoms with van der Waals surface area (Å²) >= 11 is 0. The average Bonchev–Trinajstić information content (AvgIpc) is 2.13. The second-order valence-electron chi connectivity index (χ2n) is 5.63. The van der Waals surface area contributed by atoms with Gasteiger partial charge in [0.25, 0.3) is 0 Å². The Bertz CT molecular complexity index is 203. The molecule has 0 amide bonds. The van der Waals surface area contributed by atoms with Gasteiger partial charge in [0.1, 0.15) is 0 Å².